The van der Waals surface area contributed by atoms with E-state index in [0.717, 1.165) is 11.6 Å². The van der Waals surface area contributed by atoms with Gasteiger partial charge in [-0.3, -0.25) is 0 Å². The van der Waals surface area contributed by atoms with Crippen molar-refractivity contribution >= 4 is 11.3 Å². The lowest BCUT2D eigenvalue weighted by molar-refractivity contribution is 0.493. The standard InChI is InChI=1S/C9H17N3S/c1-7(10-3)6-12-8(2)9-11-4-5-13-9/h4-5,7-8,10,12H,6H2,1-3H3. The molecule has 1 heterocycles. The Bertz CT molecular complexity index is 223. The topological polar surface area (TPSA) is 37.0 Å². The van der Waals surface area contributed by atoms with Gasteiger partial charge in [-0.15, -0.1) is 11.3 Å². The highest BCUT2D eigenvalue weighted by molar-refractivity contribution is 7.09. The molecule has 0 bridgehead atoms. The summed E-state index contributed by atoms with van der Waals surface area (Å²) in [5, 5.41) is 9.77. The van der Waals surface area contributed by atoms with E-state index in [0.29, 0.717) is 12.1 Å². The second-order valence-electron chi connectivity index (χ2n) is 3.19. The zero-order chi connectivity index (χ0) is 9.68. The van der Waals surface area contributed by atoms with Gasteiger partial charge >= 0.3 is 0 Å². The predicted molar refractivity (Wildman–Crippen MR) is 57.1 cm³/mol. The summed E-state index contributed by atoms with van der Waals surface area (Å²) in [5.41, 5.74) is 0. The van der Waals surface area contributed by atoms with Crippen molar-refractivity contribution in [3.63, 3.8) is 0 Å². The molecule has 74 valence electrons. The van der Waals surface area contributed by atoms with E-state index in [1.165, 1.54) is 0 Å². The summed E-state index contributed by atoms with van der Waals surface area (Å²) in [6.45, 7) is 5.26. The number of likely N-dealkylation sites (N-methyl/N-ethyl adjacent to an activating group) is 1. The van der Waals surface area contributed by atoms with Crippen molar-refractivity contribution in [2.24, 2.45) is 0 Å². The molecule has 0 radical (unpaired) electrons. The van der Waals surface area contributed by atoms with Crippen LogP contribution in [0.4, 0.5) is 0 Å². The molecule has 0 fully saturated rings. The van der Waals surface area contributed by atoms with Gasteiger partial charge in [-0.05, 0) is 20.9 Å². The van der Waals surface area contributed by atoms with E-state index in [1.807, 2.05) is 18.6 Å². The highest BCUT2D eigenvalue weighted by atomic mass is 32.1. The van der Waals surface area contributed by atoms with E-state index in [9.17, 15) is 0 Å². The van der Waals surface area contributed by atoms with Gasteiger partial charge in [0.2, 0.25) is 0 Å². The quantitative estimate of drug-likeness (QED) is 0.752. The molecule has 4 heteroatoms. The SMILES string of the molecule is CNC(C)CNC(C)c1nccs1. The molecule has 1 aromatic rings. The Morgan fingerprint density at radius 2 is 2.31 bits per heavy atom. The minimum Gasteiger partial charge on any atom is -0.316 e. The van der Waals surface area contributed by atoms with Crippen LogP contribution < -0.4 is 10.6 Å². The molecule has 0 aliphatic heterocycles. The number of nitrogens with one attached hydrogen (secondary N) is 2. The van der Waals surface area contributed by atoms with Crippen molar-refractivity contribution in [1.82, 2.24) is 15.6 Å². The van der Waals surface area contributed by atoms with Gasteiger partial charge < -0.3 is 10.6 Å². The van der Waals surface area contributed by atoms with Crippen molar-refractivity contribution in [3.05, 3.63) is 16.6 Å². The lowest BCUT2D eigenvalue weighted by atomic mass is 10.3. The molecule has 1 aromatic heterocycles. The van der Waals surface area contributed by atoms with Gasteiger partial charge in [0.05, 0.1) is 6.04 Å². The summed E-state index contributed by atoms with van der Waals surface area (Å²) in [7, 11) is 1.97. The Labute approximate surface area is 83.6 Å². The fraction of sp³-hybridized carbons (Fsp3) is 0.667. The Morgan fingerprint density at radius 1 is 1.54 bits per heavy atom. The average Bonchev–Trinajstić information content (AvgIpc) is 2.66. The highest BCUT2D eigenvalue weighted by Crippen LogP contribution is 2.13. The number of nitrogens with zero attached hydrogens (tertiary/aromatic N) is 1. The predicted octanol–water partition coefficient (Wildman–Crippen LogP) is 1.40. The molecule has 0 saturated heterocycles. The summed E-state index contributed by atoms with van der Waals surface area (Å²) in [4.78, 5) is 4.26. The third-order valence-corrected chi connectivity index (χ3v) is 3.00. The molecule has 2 unspecified atom stereocenters. The molecule has 0 saturated carbocycles. The zero-order valence-corrected chi connectivity index (χ0v) is 9.19. The fourth-order valence-electron chi connectivity index (χ4n) is 0.991. The van der Waals surface area contributed by atoms with E-state index >= 15 is 0 Å². The lowest BCUT2D eigenvalue weighted by Gasteiger charge is -2.15. The number of aromatic nitrogens is 1. The van der Waals surface area contributed by atoms with Crippen LogP contribution in [0.5, 0.6) is 0 Å². The summed E-state index contributed by atoms with van der Waals surface area (Å²) in [5.74, 6) is 0. The van der Waals surface area contributed by atoms with Crippen molar-refractivity contribution in [2.75, 3.05) is 13.6 Å². The lowest BCUT2D eigenvalue weighted by Crippen LogP contribution is -2.35. The molecule has 0 spiro atoms. The highest BCUT2D eigenvalue weighted by Gasteiger charge is 2.07. The van der Waals surface area contributed by atoms with Gasteiger partial charge in [0, 0.05) is 24.2 Å². The third-order valence-electron chi connectivity index (χ3n) is 2.04. The molecule has 3 nitrogen and oxygen atoms in total. The van der Waals surface area contributed by atoms with Crippen LogP contribution in [0.3, 0.4) is 0 Å². The number of rotatable bonds is 5. The minimum atomic E-state index is 0.357. The average molecular weight is 199 g/mol. The van der Waals surface area contributed by atoms with Crippen LogP contribution in [0.1, 0.15) is 24.9 Å². The Balaban J connectivity index is 2.30. The van der Waals surface area contributed by atoms with Gasteiger partial charge in [-0.2, -0.15) is 0 Å². The Hall–Kier alpha value is -0.450. The molecule has 0 amide bonds. The molecule has 2 atom stereocenters. The van der Waals surface area contributed by atoms with Crippen LogP contribution in [-0.2, 0) is 0 Å². The second-order valence-corrected chi connectivity index (χ2v) is 4.12. The van der Waals surface area contributed by atoms with Gasteiger partial charge in [0.25, 0.3) is 0 Å². The number of hydrogen-bond acceptors (Lipinski definition) is 4. The Morgan fingerprint density at radius 3 is 2.85 bits per heavy atom. The smallest absolute Gasteiger partial charge is 0.109 e. The van der Waals surface area contributed by atoms with Gasteiger partial charge in [0.1, 0.15) is 5.01 Å². The molecular weight excluding hydrogens is 182 g/mol. The maximum absolute atomic E-state index is 4.26. The molecule has 0 aliphatic rings. The van der Waals surface area contributed by atoms with Crippen molar-refractivity contribution < 1.29 is 0 Å². The number of thiazole rings is 1. The van der Waals surface area contributed by atoms with Crippen LogP contribution in [0, 0.1) is 0 Å². The van der Waals surface area contributed by atoms with Crippen LogP contribution >= 0.6 is 11.3 Å². The van der Waals surface area contributed by atoms with Crippen LogP contribution in [0.25, 0.3) is 0 Å². The molecule has 13 heavy (non-hydrogen) atoms. The first-order chi connectivity index (χ1) is 6.24. The van der Waals surface area contributed by atoms with Crippen LogP contribution in [0.2, 0.25) is 0 Å². The minimum absolute atomic E-state index is 0.357. The maximum atomic E-state index is 4.26. The molecule has 0 aliphatic carbocycles. The van der Waals surface area contributed by atoms with Crippen LogP contribution in [-0.4, -0.2) is 24.6 Å². The normalized spacial score (nSPS) is 15.6. The zero-order valence-electron chi connectivity index (χ0n) is 8.37. The molecule has 1 rings (SSSR count). The summed E-state index contributed by atoms with van der Waals surface area (Å²) in [6, 6.07) is 0.859. The van der Waals surface area contributed by atoms with E-state index in [4.69, 9.17) is 0 Å². The first-order valence-corrected chi connectivity index (χ1v) is 5.42. The summed E-state index contributed by atoms with van der Waals surface area (Å²) in [6.07, 6.45) is 1.85. The number of hydrogen-bond donors (Lipinski definition) is 2. The maximum Gasteiger partial charge on any atom is 0.109 e. The van der Waals surface area contributed by atoms with Gasteiger partial charge in [0.15, 0.2) is 0 Å². The molecule has 0 aromatic carbocycles. The molecular formula is C9H17N3S. The Kier molecular flexibility index (Phi) is 4.35. The summed E-state index contributed by atoms with van der Waals surface area (Å²) < 4.78 is 0. The van der Waals surface area contributed by atoms with Crippen molar-refractivity contribution in [1.29, 1.82) is 0 Å². The molecule has 2 N–H and O–H groups in total. The van der Waals surface area contributed by atoms with E-state index in [2.05, 4.69) is 29.5 Å². The third kappa shape index (κ3) is 3.42. The second kappa shape index (κ2) is 5.32. The van der Waals surface area contributed by atoms with E-state index in [1.54, 1.807) is 11.3 Å². The van der Waals surface area contributed by atoms with Gasteiger partial charge in [-0.1, -0.05) is 0 Å². The first-order valence-electron chi connectivity index (χ1n) is 4.54. The van der Waals surface area contributed by atoms with Crippen LogP contribution in [0.15, 0.2) is 11.6 Å². The largest absolute Gasteiger partial charge is 0.316 e. The summed E-state index contributed by atoms with van der Waals surface area (Å²) >= 11 is 1.70. The first kappa shape index (κ1) is 10.6. The van der Waals surface area contributed by atoms with E-state index < -0.39 is 0 Å². The van der Waals surface area contributed by atoms with E-state index in [-0.39, 0.29) is 0 Å². The van der Waals surface area contributed by atoms with Crippen molar-refractivity contribution in [3.8, 4) is 0 Å². The monoisotopic (exact) mass is 199 g/mol. The fourth-order valence-corrected chi connectivity index (χ4v) is 1.66. The van der Waals surface area contributed by atoms with Crippen molar-refractivity contribution in [2.45, 2.75) is 25.9 Å². The van der Waals surface area contributed by atoms with Gasteiger partial charge in [-0.25, -0.2) is 4.98 Å².